The zero-order chi connectivity index (χ0) is 37.4. The Morgan fingerprint density at radius 1 is 0.596 bits per heavy atom. The number of carbonyl (C=O) groups excluding carboxylic acids is 3. The number of nitrogens with one attached hydrogen (secondary N) is 2. The van der Waals surface area contributed by atoms with E-state index in [1.807, 2.05) is 0 Å². The summed E-state index contributed by atoms with van der Waals surface area (Å²) in [6, 6.07) is 10.6. The molecule has 0 bridgehead atoms. The van der Waals surface area contributed by atoms with Crippen LogP contribution in [0.3, 0.4) is 0 Å². The standard InChI is InChI=1S/C35H26N4O11S2/c40-27-15-13-23-25(9-3-11-29(23)51(45,46)47)31(27)38-33(42)19-5-1-7-21(17-19)36-35(44)37-22-8-2-6-20(18-22)34(43)39-32-26-10-4-12-30(52(48,49)50)24(26)14-16-28(32)41/h1-18,29-30,40-41H,(H2,36,37,44)(H,45,46,47)(H,48,49,50). The zero-order valence-electron chi connectivity index (χ0n) is 26.4. The van der Waals surface area contributed by atoms with Crippen molar-refractivity contribution in [3.05, 3.63) is 154 Å². The maximum absolute atomic E-state index is 13.1. The molecule has 0 radical (unpaired) electrons. The van der Waals surface area contributed by atoms with E-state index < -0.39 is 60.1 Å². The molecule has 4 amide bonds. The molecule has 4 aliphatic rings. The Bertz CT molecular complexity index is 2330. The quantitative estimate of drug-likeness (QED) is 0.220. The van der Waals surface area contributed by atoms with Crippen LogP contribution in [0, 0.1) is 0 Å². The lowest BCUT2D eigenvalue weighted by atomic mass is 9.89. The number of urea groups is 1. The number of nitrogens with zero attached hydrogens (tertiary/aromatic N) is 2. The predicted molar refractivity (Wildman–Crippen MR) is 192 cm³/mol. The first kappa shape index (κ1) is 35.6. The van der Waals surface area contributed by atoms with Gasteiger partial charge in [-0.25, -0.2) is 14.8 Å². The lowest BCUT2D eigenvalue weighted by Gasteiger charge is -2.23. The topological polar surface area (TPSA) is 249 Å². The molecule has 15 nitrogen and oxygen atoms in total. The second-order valence-corrected chi connectivity index (χ2v) is 14.5. The number of anilines is 2. The molecule has 6 rings (SSSR count). The number of rotatable bonds is 6. The molecule has 0 spiro atoms. The Balaban J connectivity index is 1.15. The third-order valence-electron chi connectivity index (χ3n) is 7.97. The van der Waals surface area contributed by atoms with Crippen molar-refractivity contribution in [3.8, 4) is 0 Å². The van der Waals surface area contributed by atoms with Gasteiger partial charge in [-0.15, -0.1) is 0 Å². The number of benzene rings is 2. The van der Waals surface area contributed by atoms with E-state index >= 15 is 0 Å². The summed E-state index contributed by atoms with van der Waals surface area (Å²) in [5.41, 5.74) is 0.397. The van der Waals surface area contributed by atoms with Crippen LogP contribution in [0.25, 0.3) is 0 Å². The van der Waals surface area contributed by atoms with Gasteiger partial charge in [0.15, 0.2) is 0 Å². The van der Waals surface area contributed by atoms with Crippen LogP contribution in [0.1, 0.15) is 20.7 Å². The van der Waals surface area contributed by atoms with Crippen LogP contribution < -0.4 is 10.6 Å². The summed E-state index contributed by atoms with van der Waals surface area (Å²) in [6.45, 7) is 0. The van der Waals surface area contributed by atoms with Gasteiger partial charge < -0.3 is 20.8 Å². The van der Waals surface area contributed by atoms with Crippen LogP contribution in [0.5, 0.6) is 0 Å². The molecular formula is C35H26N4O11S2. The fraction of sp³-hybridized carbons (Fsp3) is 0.0571. The fourth-order valence-corrected chi connectivity index (χ4v) is 7.26. The van der Waals surface area contributed by atoms with Crippen molar-refractivity contribution in [3.63, 3.8) is 0 Å². The van der Waals surface area contributed by atoms with Gasteiger partial charge in [0.05, 0.1) is 0 Å². The number of aliphatic hydroxyl groups excluding tert-OH is 2. The van der Waals surface area contributed by atoms with Crippen molar-refractivity contribution in [1.82, 2.24) is 0 Å². The van der Waals surface area contributed by atoms with Crippen LogP contribution >= 0.6 is 0 Å². The average Bonchev–Trinajstić information content (AvgIpc) is 3.09. The van der Waals surface area contributed by atoms with Gasteiger partial charge in [0, 0.05) is 33.6 Å². The van der Waals surface area contributed by atoms with Crippen molar-refractivity contribution in [2.24, 2.45) is 9.98 Å². The lowest BCUT2D eigenvalue weighted by molar-refractivity contribution is 0.0994. The summed E-state index contributed by atoms with van der Waals surface area (Å²) in [6.07, 6.45) is 13.0. The van der Waals surface area contributed by atoms with E-state index in [1.54, 1.807) is 0 Å². The van der Waals surface area contributed by atoms with Crippen LogP contribution in [0.2, 0.25) is 0 Å². The molecule has 0 saturated carbocycles. The fourth-order valence-electron chi connectivity index (χ4n) is 5.62. The van der Waals surface area contributed by atoms with Gasteiger partial charge in [-0.05, 0) is 59.7 Å². The maximum atomic E-state index is 13.1. The number of allylic oxidation sites excluding steroid dienone is 10. The van der Waals surface area contributed by atoms with Crippen molar-refractivity contribution < 1.29 is 50.5 Å². The predicted octanol–water partition coefficient (Wildman–Crippen LogP) is 4.76. The smallest absolute Gasteiger partial charge is 0.323 e. The summed E-state index contributed by atoms with van der Waals surface area (Å²) >= 11 is 0. The zero-order valence-corrected chi connectivity index (χ0v) is 28.0. The number of hydrogen-bond acceptors (Lipinski definition) is 9. The molecule has 0 fully saturated rings. The van der Waals surface area contributed by atoms with E-state index in [0.29, 0.717) is 0 Å². The molecule has 4 aliphatic carbocycles. The minimum Gasteiger partial charge on any atom is -0.506 e. The number of carbonyl (C=O) groups is 3. The van der Waals surface area contributed by atoms with Gasteiger partial charge in [-0.2, -0.15) is 16.8 Å². The van der Waals surface area contributed by atoms with Gasteiger partial charge in [0.2, 0.25) is 0 Å². The monoisotopic (exact) mass is 742 g/mol. The molecule has 2 unspecified atom stereocenters. The van der Waals surface area contributed by atoms with Gasteiger partial charge in [-0.1, -0.05) is 60.7 Å². The highest BCUT2D eigenvalue weighted by Gasteiger charge is 2.35. The van der Waals surface area contributed by atoms with E-state index in [1.165, 1.54) is 97.1 Å². The minimum atomic E-state index is -4.54. The molecule has 2 atom stereocenters. The van der Waals surface area contributed by atoms with Gasteiger partial charge in [-0.3, -0.25) is 18.7 Å². The number of hydrogen-bond donors (Lipinski definition) is 6. The van der Waals surface area contributed by atoms with Crippen LogP contribution in [-0.4, -0.2) is 75.9 Å². The normalized spacial score (nSPS) is 21.0. The first-order chi connectivity index (χ1) is 24.6. The minimum absolute atomic E-state index is 0.00341. The SMILES string of the molecule is O=C(Nc1cccc(C(=O)N=C2C(O)=CC=C3C2=CC=CC3S(=O)(=O)O)c1)Nc1cccc(C(=O)N=C2C(O)=CC=C3C2=CC=CC3S(=O)(=O)O)c1. The average molecular weight is 743 g/mol. The van der Waals surface area contributed by atoms with Crippen LogP contribution in [-0.2, 0) is 20.2 Å². The molecule has 0 saturated heterocycles. The molecule has 0 aromatic heterocycles. The van der Waals surface area contributed by atoms with Crippen molar-refractivity contribution in [1.29, 1.82) is 0 Å². The van der Waals surface area contributed by atoms with Gasteiger partial charge >= 0.3 is 6.03 Å². The number of fused-ring (bicyclic) bond motifs is 2. The van der Waals surface area contributed by atoms with Gasteiger partial charge in [0.25, 0.3) is 32.1 Å². The third kappa shape index (κ3) is 7.42. The Morgan fingerprint density at radius 2 is 1.00 bits per heavy atom. The Morgan fingerprint density at radius 3 is 1.38 bits per heavy atom. The largest absolute Gasteiger partial charge is 0.506 e. The first-order valence-electron chi connectivity index (χ1n) is 15.1. The van der Waals surface area contributed by atoms with Crippen LogP contribution in [0.15, 0.2) is 153 Å². The second kappa shape index (κ2) is 13.8. The van der Waals surface area contributed by atoms with Crippen molar-refractivity contribution in [2.45, 2.75) is 10.5 Å². The molecule has 264 valence electrons. The van der Waals surface area contributed by atoms with E-state index in [2.05, 4.69) is 20.6 Å². The highest BCUT2D eigenvalue weighted by atomic mass is 32.2. The van der Waals surface area contributed by atoms with Crippen molar-refractivity contribution in [2.75, 3.05) is 10.6 Å². The molecule has 17 heteroatoms. The van der Waals surface area contributed by atoms with E-state index in [9.17, 15) is 50.5 Å². The highest BCUT2D eigenvalue weighted by Crippen LogP contribution is 2.33. The molecule has 6 N–H and O–H groups in total. The van der Waals surface area contributed by atoms with E-state index in [0.717, 1.165) is 12.2 Å². The third-order valence-corrected chi connectivity index (χ3v) is 10.1. The molecular weight excluding hydrogens is 717 g/mol. The lowest BCUT2D eigenvalue weighted by Crippen LogP contribution is -2.28. The Kier molecular flexibility index (Phi) is 9.44. The summed E-state index contributed by atoms with van der Waals surface area (Å²) in [5, 5.41) is 23.2. The number of amides is 4. The second-order valence-electron chi connectivity index (χ2n) is 11.4. The van der Waals surface area contributed by atoms with E-state index in [4.69, 9.17) is 0 Å². The van der Waals surface area contributed by atoms with Gasteiger partial charge in [0.1, 0.15) is 33.4 Å². The summed E-state index contributed by atoms with van der Waals surface area (Å²) in [5.74, 6) is -2.48. The van der Waals surface area contributed by atoms with Crippen molar-refractivity contribution >= 4 is 60.9 Å². The molecule has 52 heavy (non-hydrogen) atoms. The molecule has 2 aromatic carbocycles. The summed E-state index contributed by atoms with van der Waals surface area (Å²) in [4.78, 5) is 47.2. The van der Waals surface area contributed by atoms with Crippen LogP contribution in [0.4, 0.5) is 16.2 Å². The first-order valence-corrected chi connectivity index (χ1v) is 18.1. The highest BCUT2D eigenvalue weighted by molar-refractivity contribution is 7.87. The number of aliphatic imine (C=N–C) groups is 2. The van der Waals surface area contributed by atoms with E-state index in [-0.39, 0.29) is 56.2 Å². The Hall–Kier alpha value is -6.27. The maximum Gasteiger partial charge on any atom is 0.323 e. The Labute approximate surface area is 296 Å². The molecule has 2 aromatic rings. The summed E-state index contributed by atoms with van der Waals surface area (Å²) < 4.78 is 66.7. The summed E-state index contributed by atoms with van der Waals surface area (Å²) in [7, 11) is -9.08. The molecule has 0 heterocycles. The number of aliphatic hydroxyl groups is 2. The molecule has 0 aliphatic heterocycles.